The second-order valence-electron chi connectivity index (χ2n) is 9.26. The molecule has 2 aromatic carbocycles. The number of hydrogen-bond donors (Lipinski definition) is 0. The number of amides is 2. The Bertz CT molecular complexity index is 1270. The molecule has 0 N–H and O–H groups in total. The van der Waals surface area contributed by atoms with Crippen molar-refractivity contribution in [3.05, 3.63) is 64.2 Å². The summed E-state index contributed by atoms with van der Waals surface area (Å²) >= 11 is 0. The van der Waals surface area contributed by atoms with Crippen molar-refractivity contribution in [3.8, 4) is 0 Å². The Morgan fingerprint density at radius 1 is 1.11 bits per heavy atom. The topological polar surface area (TPSA) is 121 Å². The molecule has 2 aliphatic rings. The maximum Gasteiger partial charge on any atom is 0.270 e. The number of carbonyl (C=O) groups excluding carboxylic acids is 2. The largest absolute Gasteiger partial charge is 0.340 e. The van der Waals surface area contributed by atoms with Crippen LogP contribution in [0.5, 0.6) is 0 Å². The molecule has 0 saturated carbocycles. The van der Waals surface area contributed by atoms with Gasteiger partial charge < -0.3 is 9.80 Å². The van der Waals surface area contributed by atoms with Crippen LogP contribution < -0.4 is 4.90 Å². The van der Waals surface area contributed by atoms with Gasteiger partial charge in [0.15, 0.2) is 0 Å². The third-order valence-corrected chi connectivity index (χ3v) is 8.96. The highest BCUT2D eigenvalue weighted by Crippen LogP contribution is 2.34. The number of non-ortho nitro benzene ring substituents is 1. The van der Waals surface area contributed by atoms with Crippen LogP contribution in [0, 0.1) is 16.0 Å². The normalized spacial score (nSPS) is 19.9. The summed E-state index contributed by atoms with van der Waals surface area (Å²) in [5.74, 6) is -0.442. The number of carbonyl (C=O) groups is 2. The number of nitrogens with zero attached hydrogens (tertiary/aromatic N) is 4. The van der Waals surface area contributed by atoms with Gasteiger partial charge in [0.2, 0.25) is 21.8 Å². The molecule has 192 valence electrons. The average Bonchev–Trinajstić information content (AvgIpc) is 3.29. The zero-order valence-electron chi connectivity index (χ0n) is 20.4. The number of piperazine rings is 1. The monoisotopic (exact) mass is 514 g/mol. The molecule has 2 fully saturated rings. The first-order chi connectivity index (χ1) is 17.1. The summed E-state index contributed by atoms with van der Waals surface area (Å²) in [6.07, 6.45) is 1.06. The van der Waals surface area contributed by atoms with Gasteiger partial charge in [0, 0.05) is 57.0 Å². The number of benzene rings is 2. The molecule has 11 heteroatoms. The van der Waals surface area contributed by atoms with Crippen molar-refractivity contribution in [1.82, 2.24) is 9.21 Å². The molecule has 4 rings (SSSR count). The van der Waals surface area contributed by atoms with Gasteiger partial charge in [0.25, 0.3) is 5.69 Å². The van der Waals surface area contributed by atoms with Crippen molar-refractivity contribution < 1.29 is 22.9 Å². The third kappa shape index (κ3) is 4.98. The number of para-hydroxylation sites is 1. The van der Waals surface area contributed by atoms with Gasteiger partial charge in [0.05, 0.1) is 15.7 Å². The van der Waals surface area contributed by atoms with E-state index >= 15 is 0 Å². The molecule has 0 spiro atoms. The highest BCUT2D eigenvalue weighted by atomic mass is 32.2. The van der Waals surface area contributed by atoms with Gasteiger partial charge in [-0.2, -0.15) is 4.31 Å². The van der Waals surface area contributed by atoms with E-state index in [-0.39, 0.29) is 60.9 Å². The maximum absolute atomic E-state index is 13.2. The predicted molar refractivity (Wildman–Crippen MR) is 134 cm³/mol. The van der Waals surface area contributed by atoms with Crippen LogP contribution in [0.1, 0.15) is 38.2 Å². The van der Waals surface area contributed by atoms with Crippen LogP contribution in [0.15, 0.2) is 53.4 Å². The number of sulfonamides is 1. The molecule has 2 aliphatic heterocycles. The van der Waals surface area contributed by atoms with E-state index in [1.807, 2.05) is 24.3 Å². The van der Waals surface area contributed by atoms with Crippen molar-refractivity contribution in [2.24, 2.45) is 5.92 Å². The Morgan fingerprint density at radius 3 is 2.47 bits per heavy atom. The molecule has 0 radical (unpaired) electrons. The molecular weight excluding hydrogens is 484 g/mol. The highest BCUT2D eigenvalue weighted by Gasteiger charge is 2.39. The summed E-state index contributed by atoms with van der Waals surface area (Å²) in [5, 5.41) is 11.0. The van der Waals surface area contributed by atoms with Gasteiger partial charge in [0.1, 0.15) is 0 Å². The van der Waals surface area contributed by atoms with E-state index in [2.05, 4.69) is 13.8 Å². The SMILES string of the molecule is CC[C@@H](C)c1ccccc1N1C[C@@H](C(=O)N2CCN(S(=O)(=O)c3cccc([N+](=O)[O-])c3)CC2)CC1=O. The standard InChI is InChI=1S/C25H30N4O6S/c1-3-18(2)22-9-4-5-10-23(22)28-17-19(15-24(28)30)25(31)26-11-13-27(14-12-26)36(34,35)21-8-6-7-20(16-21)29(32)33/h4-10,16,18-19H,3,11-15,17H2,1-2H3/t18-,19+/m1/s1. The molecule has 2 saturated heterocycles. The van der Waals surface area contributed by atoms with Crippen LogP contribution in [-0.4, -0.2) is 67.1 Å². The lowest BCUT2D eigenvalue weighted by atomic mass is 9.96. The van der Waals surface area contributed by atoms with E-state index in [1.165, 1.54) is 22.5 Å². The zero-order chi connectivity index (χ0) is 26.0. The fourth-order valence-corrected chi connectivity index (χ4v) is 6.25. The van der Waals surface area contributed by atoms with Crippen molar-refractivity contribution in [1.29, 1.82) is 0 Å². The van der Waals surface area contributed by atoms with Crippen LogP contribution in [0.4, 0.5) is 11.4 Å². The highest BCUT2D eigenvalue weighted by molar-refractivity contribution is 7.89. The molecule has 2 atom stereocenters. The Hall–Kier alpha value is -3.31. The Morgan fingerprint density at radius 2 is 1.81 bits per heavy atom. The first-order valence-electron chi connectivity index (χ1n) is 12.1. The molecular formula is C25H30N4O6S. The lowest BCUT2D eigenvalue weighted by molar-refractivity contribution is -0.385. The molecule has 2 heterocycles. The predicted octanol–water partition coefficient (Wildman–Crippen LogP) is 2.99. The lowest BCUT2D eigenvalue weighted by Crippen LogP contribution is -2.52. The smallest absolute Gasteiger partial charge is 0.270 e. The van der Waals surface area contributed by atoms with Crippen LogP contribution in [-0.2, 0) is 19.6 Å². The molecule has 2 amide bonds. The molecule has 0 aliphatic carbocycles. The molecule has 10 nitrogen and oxygen atoms in total. The Labute approximate surface area is 210 Å². The van der Waals surface area contributed by atoms with Gasteiger partial charge in [-0.05, 0) is 30.0 Å². The van der Waals surface area contributed by atoms with E-state index in [1.54, 1.807) is 9.80 Å². The fourth-order valence-electron chi connectivity index (χ4n) is 4.79. The second kappa shape index (κ2) is 10.4. The molecule has 0 bridgehead atoms. The number of anilines is 1. The third-order valence-electron chi connectivity index (χ3n) is 7.06. The molecule has 2 aromatic rings. The fraction of sp³-hybridized carbons (Fsp3) is 0.440. The zero-order valence-corrected chi connectivity index (χ0v) is 21.2. The Kier molecular flexibility index (Phi) is 7.41. The maximum atomic E-state index is 13.2. The summed E-state index contributed by atoms with van der Waals surface area (Å²) < 4.78 is 27.2. The van der Waals surface area contributed by atoms with E-state index in [9.17, 15) is 28.1 Å². The van der Waals surface area contributed by atoms with Crippen molar-refractivity contribution >= 4 is 33.2 Å². The Balaban J connectivity index is 1.42. The van der Waals surface area contributed by atoms with E-state index < -0.39 is 20.9 Å². The number of rotatable bonds is 7. The minimum Gasteiger partial charge on any atom is -0.340 e. The summed E-state index contributed by atoms with van der Waals surface area (Å²) in [5.41, 5.74) is 1.64. The van der Waals surface area contributed by atoms with Gasteiger partial charge in [-0.15, -0.1) is 0 Å². The summed E-state index contributed by atoms with van der Waals surface area (Å²) in [6.45, 7) is 5.07. The van der Waals surface area contributed by atoms with Gasteiger partial charge in [-0.25, -0.2) is 8.42 Å². The number of nitro benzene ring substituents is 1. The summed E-state index contributed by atoms with van der Waals surface area (Å²) in [7, 11) is -3.93. The minimum absolute atomic E-state index is 0.0813. The van der Waals surface area contributed by atoms with Crippen molar-refractivity contribution in [3.63, 3.8) is 0 Å². The number of hydrogen-bond acceptors (Lipinski definition) is 6. The van der Waals surface area contributed by atoms with Crippen LogP contribution in [0.25, 0.3) is 0 Å². The van der Waals surface area contributed by atoms with Crippen molar-refractivity contribution in [2.75, 3.05) is 37.6 Å². The van der Waals surface area contributed by atoms with Crippen LogP contribution in [0.3, 0.4) is 0 Å². The van der Waals surface area contributed by atoms with E-state index in [0.29, 0.717) is 6.54 Å². The second-order valence-corrected chi connectivity index (χ2v) is 11.2. The lowest BCUT2D eigenvalue weighted by Gasteiger charge is -2.35. The number of nitro groups is 1. The minimum atomic E-state index is -3.93. The van der Waals surface area contributed by atoms with E-state index in [0.717, 1.165) is 23.7 Å². The summed E-state index contributed by atoms with van der Waals surface area (Å²) in [6, 6.07) is 12.7. The summed E-state index contributed by atoms with van der Waals surface area (Å²) in [4.78, 5) is 39.7. The van der Waals surface area contributed by atoms with Crippen molar-refractivity contribution in [2.45, 2.75) is 37.5 Å². The first kappa shape index (κ1) is 25.8. The van der Waals surface area contributed by atoms with Gasteiger partial charge >= 0.3 is 0 Å². The van der Waals surface area contributed by atoms with Crippen LogP contribution >= 0.6 is 0 Å². The molecule has 36 heavy (non-hydrogen) atoms. The van der Waals surface area contributed by atoms with Gasteiger partial charge in [-0.1, -0.05) is 38.1 Å². The average molecular weight is 515 g/mol. The molecule has 0 unspecified atom stereocenters. The molecule has 0 aromatic heterocycles. The van der Waals surface area contributed by atoms with E-state index in [4.69, 9.17) is 0 Å². The quantitative estimate of drug-likeness (QED) is 0.414. The first-order valence-corrected chi connectivity index (χ1v) is 13.5. The van der Waals surface area contributed by atoms with Gasteiger partial charge in [-0.3, -0.25) is 19.7 Å². The van der Waals surface area contributed by atoms with Crippen LogP contribution in [0.2, 0.25) is 0 Å².